The molecule has 0 fully saturated rings. The number of fused-ring (bicyclic) bond motifs is 3. The molecular weight excluding hydrogens is 346 g/mol. The van der Waals surface area contributed by atoms with Crippen molar-refractivity contribution in [1.82, 2.24) is 24.9 Å². The van der Waals surface area contributed by atoms with Gasteiger partial charge >= 0.3 is 0 Å². The average molecular weight is 367 g/mol. The third kappa shape index (κ3) is 3.12. The summed E-state index contributed by atoms with van der Waals surface area (Å²) in [6.45, 7) is 4.87. The molecule has 0 atom stereocenters. The van der Waals surface area contributed by atoms with Gasteiger partial charge in [-0.2, -0.15) is 14.6 Å². The standard InChI is InChI=1S/C18H21N7O2/c1-10(2)11-4-5-15-24-16(11)22-13-8-14(19-3)25-17(23-13)12(9-21-25)18(26)20-6-7-27-15/h4-5,8-10,19H,6-7H2,1-3H3,(H,20,26)(H,22,23,24). The maximum Gasteiger partial charge on any atom is 0.256 e. The minimum absolute atomic E-state index is 0.248. The lowest BCUT2D eigenvalue weighted by Crippen LogP contribution is -2.28. The number of pyridine rings is 1. The van der Waals surface area contributed by atoms with Gasteiger partial charge in [-0.05, 0) is 17.5 Å². The number of ether oxygens (including phenoxy) is 1. The van der Waals surface area contributed by atoms with E-state index in [0.29, 0.717) is 47.7 Å². The molecule has 0 saturated carbocycles. The van der Waals surface area contributed by atoms with Gasteiger partial charge in [-0.3, -0.25) is 4.79 Å². The minimum atomic E-state index is -0.248. The molecule has 3 N–H and O–H groups in total. The van der Waals surface area contributed by atoms with Crippen LogP contribution in [0, 0.1) is 0 Å². The van der Waals surface area contributed by atoms with Gasteiger partial charge in [0, 0.05) is 19.2 Å². The van der Waals surface area contributed by atoms with Gasteiger partial charge in [-0.25, -0.2) is 4.98 Å². The van der Waals surface area contributed by atoms with E-state index in [9.17, 15) is 4.79 Å². The van der Waals surface area contributed by atoms with E-state index in [4.69, 9.17) is 4.74 Å². The molecule has 1 aliphatic rings. The van der Waals surface area contributed by atoms with E-state index in [-0.39, 0.29) is 11.8 Å². The highest BCUT2D eigenvalue weighted by Crippen LogP contribution is 2.29. The molecule has 9 nitrogen and oxygen atoms in total. The van der Waals surface area contributed by atoms with Crippen molar-refractivity contribution in [3.05, 3.63) is 35.5 Å². The highest BCUT2D eigenvalue weighted by Gasteiger charge is 2.19. The van der Waals surface area contributed by atoms with Crippen LogP contribution in [0.2, 0.25) is 0 Å². The van der Waals surface area contributed by atoms with E-state index < -0.39 is 0 Å². The second kappa shape index (κ2) is 6.75. The Hall–Kier alpha value is -3.36. The Labute approximate surface area is 156 Å². The van der Waals surface area contributed by atoms with Crippen LogP contribution in [-0.2, 0) is 0 Å². The third-order valence-electron chi connectivity index (χ3n) is 4.38. The lowest BCUT2D eigenvalue weighted by molar-refractivity contribution is 0.0948. The molecule has 27 heavy (non-hydrogen) atoms. The summed E-state index contributed by atoms with van der Waals surface area (Å²) in [5.41, 5.74) is 1.91. The summed E-state index contributed by atoms with van der Waals surface area (Å²) in [7, 11) is 1.79. The summed E-state index contributed by atoms with van der Waals surface area (Å²) >= 11 is 0. The van der Waals surface area contributed by atoms with Gasteiger partial charge in [0.25, 0.3) is 5.91 Å². The fourth-order valence-electron chi connectivity index (χ4n) is 3.00. The number of carbonyl (C=O) groups is 1. The van der Waals surface area contributed by atoms with Crippen molar-refractivity contribution < 1.29 is 9.53 Å². The summed E-state index contributed by atoms with van der Waals surface area (Å²) in [5.74, 6) is 2.46. The summed E-state index contributed by atoms with van der Waals surface area (Å²) in [4.78, 5) is 21.7. The Bertz CT molecular complexity index is 1010. The highest BCUT2D eigenvalue weighted by molar-refractivity contribution is 6.00. The predicted octanol–water partition coefficient (Wildman–Crippen LogP) is 2.16. The molecule has 0 saturated heterocycles. The molecule has 4 bridgehead atoms. The van der Waals surface area contributed by atoms with E-state index in [2.05, 4.69) is 44.9 Å². The lowest BCUT2D eigenvalue weighted by Gasteiger charge is -2.15. The van der Waals surface area contributed by atoms with E-state index >= 15 is 0 Å². The summed E-state index contributed by atoms with van der Waals surface area (Å²) in [6.07, 6.45) is 1.51. The quantitative estimate of drug-likeness (QED) is 0.637. The molecule has 9 heteroatoms. The number of aromatic nitrogens is 4. The number of rotatable bonds is 2. The Morgan fingerprint density at radius 1 is 1.30 bits per heavy atom. The van der Waals surface area contributed by atoms with Crippen molar-refractivity contribution in [2.24, 2.45) is 0 Å². The van der Waals surface area contributed by atoms with Crippen LogP contribution in [0.15, 0.2) is 24.4 Å². The number of nitrogens with one attached hydrogen (secondary N) is 3. The fourth-order valence-corrected chi connectivity index (χ4v) is 3.00. The maximum atomic E-state index is 12.5. The van der Waals surface area contributed by atoms with Crippen molar-refractivity contribution in [1.29, 1.82) is 0 Å². The van der Waals surface area contributed by atoms with Gasteiger partial charge in [-0.1, -0.05) is 13.8 Å². The van der Waals surface area contributed by atoms with Crippen molar-refractivity contribution in [3.8, 4) is 5.88 Å². The summed E-state index contributed by atoms with van der Waals surface area (Å²) < 4.78 is 7.28. The number of carbonyl (C=O) groups excluding carboxylic acids is 1. The first-order chi connectivity index (χ1) is 13.1. The minimum Gasteiger partial charge on any atom is -0.476 e. The number of hydrogen-bond acceptors (Lipinski definition) is 7. The Morgan fingerprint density at radius 3 is 2.93 bits per heavy atom. The van der Waals surface area contributed by atoms with Crippen LogP contribution in [0.25, 0.3) is 5.65 Å². The Balaban J connectivity index is 1.90. The lowest BCUT2D eigenvalue weighted by atomic mass is 10.0. The first-order valence-corrected chi connectivity index (χ1v) is 8.82. The predicted molar refractivity (Wildman–Crippen MR) is 102 cm³/mol. The fraction of sp³-hybridized carbons (Fsp3) is 0.333. The highest BCUT2D eigenvalue weighted by atomic mass is 16.5. The molecule has 3 aromatic rings. The van der Waals surface area contributed by atoms with Gasteiger partial charge in [0.2, 0.25) is 5.88 Å². The Morgan fingerprint density at radius 2 is 2.15 bits per heavy atom. The summed E-state index contributed by atoms with van der Waals surface area (Å²) in [6, 6.07) is 5.65. The van der Waals surface area contributed by atoms with Gasteiger partial charge in [-0.15, -0.1) is 0 Å². The van der Waals surface area contributed by atoms with E-state index in [1.807, 2.05) is 18.2 Å². The number of anilines is 3. The van der Waals surface area contributed by atoms with Crippen LogP contribution in [0.1, 0.15) is 35.7 Å². The van der Waals surface area contributed by atoms with E-state index in [1.165, 1.54) is 6.20 Å². The van der Waals surface area contributed by atoms with Gasteiger partial charge in [0.05, 0.1) is 12.7 Å². The number of amides is 1. The summed E-state index contributed by atoms with van der Waals surface area (Å²) in [5, 5.41) is 13.5. The van der Waals surface area contributed by atoms with Gasteiger partial charge in [0.15, 0.2) is 5.65 Å². The normalized spacial score (nSPS) is 14.0. The molecule has 1 amide bonds. The van der Waals surface area contributed by atoms with Gasteiger partial charge in [0.1, 0.15) is 29.6 Å². The van der Waals surface area contributed by atoms with Crippen LogP contribution >= 0.6 is 0 Å². The average Bonchev–Trinajstić information content (AvgIpc) is 3.07. The second-order valence-corrected chi connectivity index (χ2v) is 6.54. The van der Waals surface area contributed by atoms with Crippen molar-refractivity contribution in [3.63, 3.8) is 0 Å². The molecule has 0 aromatic carbocycles. The Kier molecular flexibility index (Phi) is 4.27. The van der Waals surface area contributed by atoms with Crippen LogP contribution < -0.4 is 20.7 Å². The smallest absolute Gasteiger partial charge is 0.256 e. The zero-order chi connectivity index (χ0) is 19.0. The third-order valence-corrected chi connectivity index (χ3v) is 4.38. The topological polar surface area (TPSA) is 105 Å². The van der Waals surface area contributed by atoms with Crippen LogP contribution in [0.5, 0.6) is 5.88 Å². The molecule has 0 spiro atoms. The maximum absolute atomic E-state index is 12.5. The van der Waals surface area contributed by atoms with E-state index in [1.54, 1.807) is 11.6 Å². The second-order valence-electron chi connectivity index (χ2n) is 6.54. The van der Waals surface area contributed by atoms with E-state index in [0.717, 1.165) is 5.56 Å². The first-order valence-electron chi connectivity index (χ1n) is 8.82. The van der Waals surface area contributed by atoms with Crippen molar-refractivity contribution in [2.75, 3.05) is 30.8 Å². The number of hydrogen-bond donors (Lipinski definition) is 3. The van der Waals surface area contributed by atoms with Crippen molar-refractivity contribution in [2.45, 2.75) is 19.8 Å². The largest absolute Gasteiger partial charge is 0.476 e. The molecule has 140 valence electrons. The first kappa shape index (κ1) is 17.1. The molecule has 4 heterocycles. The molecule has 3 aromatic heterocycles. The molecule has 0 aliphatic carbocycles. The SMILES string of the molecule is CNc1cc2nc3c(cnn13)C(=O)NCCOc1ccc(C(C)C)c(n1)N2. The molecule has 0 radical (unpaired) electrons. The zero-order valence-corrected chi connectivity index (χ0v) is 15.4. The van der Waals surface area contributed by atoms with Crippen molar-refractivity contribution >= 4 is 29.0 Å². The zero-order valence-electron chi connectivity index (χ0n) is 15.4. The molecule has 0 unspecified atom stereocenters. The van der Waals surface area contributed by atoms with Crippen LogP contribution in [-0.4, -0.2) is 45.7 Å². The molecular formula is C18H21N7O2. The molecule has 1 aliphatic heterocycles. The van der Waals surface area contributed by atoms with Crippen LogP contribution in [0.3, 0.4) is 0 Å². The van der Waals surface area contributed by atoms with Crippen LogP contribution in [0.4, 0.5) is 17.5 Å². The number of nitrogens with zero attached hydrogens (tertiary/aromatic N) is 4. The van der Waals surface area contributed by atoms with Gasteiger partial charge < -0.3 is 20.7 Å². The monoisotopic (exact) mass is 367 g/mol. The molecule has 4 rings (SSSR count).